The molecule has 0 atom stereocenters. The molecule has 0 saturated carbocycles. The SMILES string of the molecule is COC(=O)c1ccc(Cl)cc1Nc1ccc(OCc2ccccc2)cc1N. The van der Waals surface area contributed by atoms with Gasteiger partial charge in [-0.1, -0.05) is 41.9 Å². The molecule has 3 aromatic rings. The van der Waals surface area contributed by atoms with Crippen molar-refractivity contribution in [2.75, 3.05) is 18.2 Å². The number of esters is 1. The van der Waals surface area contributed by atoms with Crippen LogP contribution in [-0.4, -0.2) is 13.1 Å². The van der Waals surface area contributed by atoms with Gasteiger partial charge in [0, 0.05) is 11.1 Å². The van der Waals surface area contributed by atoms with Gasteiger partial charge in [0.25, 0.3) is 0 Å². The van der Waals surface area contributed by atoms with E-state index in [2.05, 4.69) is 5.32 Å². The highest BCUT2D eigenvalue weighted by Crippen LogP contribution is 2.31. The topological polar surface area (TPSA) is 73.6 Å². The fourth-order valence-corrected chi connectivity index (χ4v) is 2.71. The molecule has 0 fully saturated rings. The quantitative estimate of drug-likeness (QED) is 0.462. The van der Waals surface area contributed by atoms with Gasteiger partial charge in [-0.25, -0.2) is 4.79 Å². The maximum atomic E-state index is 11.9. The van der Waals surface area contributed by atoms with Gasteiger partial charge < -0.3 is 20.5 Å². The standard InChI is InChI=1S/C21H19ClN2O3/c1-26-21(25)17-9-7-15(22)11-20(17)24-19-10-8-16(12-18(19)23)27-13-14-5-3-2-4-6-14/h2-12,24H,13,23H2,1H3. The fraction of sp³-hybridized carbons (Fsp3) is 0.0952. The molecular weight excluding hydrogens is 364 g/mol. The molecule has 0 unspecified atom stereocenters. The maximum absolute atomic E-state index is 11.9. The maximum Gasteiger partial charge on any atom is 0.339 e. The first-order valence-electron chi connectivity index (χ1n) is 8.28. The molecule has 0 heterocycles. The van der Waals surface area contributed by atoms with Gasteiger partial charge in [0.2, 0.25) is 0 Å². The number of carbonyl (C=O) groups excluding carboxylic acids is 1. The molecule has 0 amide bonds. The summed E-state index contributed by atoms with van der Waals surface area (Å²) in [7, 11) is 1.33. The van der Waals surface area contributed by atoms with Crippen molar-refractivity contribution in [2.24, 2.45) is 0 Å². The first-order chi connectivity index (χ1) is 13.1. The van der Waals surface area contributed by atoms with Gasteiger partial charge in [0.05, 0.1) is 29.7 Å². The van der Waals surface area contributed by atoms with Crippen LogP contribution >= 0.6 is 11.6 Å². The summed E-state index contributed by atoms with van der Waals surface area (Å²) in [4.78, 5) is 11.9. The Morgan fingerprint density at radius 1 is 1.04 bits per heavy atom. The van der Waals surface area contributed by atoms with Gasteiger partial charge in [0.15, 0.2) is 0 Å². The van der Waals surface area contributed by atoms with Gasteiger partial charge in [-0.15, -0.1) is 0 Å². The lowest BCUT2D eigenvalue weighted by Crippen LogP contribution is -2.06. The first kappa shape index (κ1) is 18.6. The highest BCUT2D eigenvalue weighted by molar-refractivity contribution is 6.31. The normalized spacial score (nSPS) is 10.3. The number of carbonyl (C=O) groups is 1. The fourth-order valence-electron chi connectivity index (χ4n) is 2.54. The average Bonchev–Trinajstić information content (AvgIpc) is 2.68. The smallest absolute Gasteiger partial charge is 0.339 e. The number of ether oxygens (including phenoxy) is 2. The van der Waals surface area contributed by atoms with Crippen LogP contribution in [0.1, 0.15) is 15.9 Å². The lowest BCUT2D eigenvalue weighted by molar-refractivity contribution is 0.0602. The number of hydrogen-bond acceptors (Lipinski definition) is 5. The van der Waals surface area contributed by atoms with E-state index in [1.165, 1.54) is 7.11 Å². The Bertz CT molecular complexity index is 945. The zero-order valence-electron chi connectivity index (χ0n) is 14.7. The molecule has 3 rings (SSSR count). The van der Waals surface area contributed by atoms with Crippen molar-refractivity contribution in [3.8, 4) is 5.75 Å². The summed E-state index contributed by atoms with van der Waals surface area (Å²) in [6.45, 7) is 0.452. The van der Waals surface area contributed by atoms with Crippen LogP contribution in [-0.2, 0) is 11.3 Å². The van der Waals surface area contributed by atoms with Crippen molar-refractivity contribution in [3.05, 3.63) is 82.9 Å². The number of rotatable bonds is 6. The Hall–Kier alpha value is -3.18. The lowest BCUT2D eigenvalue weighted by Gasteiger charge is -2.14. The third-order valence-electron chi connectivity index (χ3n) is 3.93. The minimum absolute atomic E-state index is 0.366. The van der Waals surface area contributed by atoms with Crippen molar-refractivity contribution in [1.82, 2.24) is 0 Å². The third-order valence-corrected chi connectivity index (χ3v) is 4.16. The van der Waals surface area contributed by atoms with Crippen molar-refractivity contribution in [2.45, 2.75) is 6.61 Å². The van der Waals surface area contributed by atoms with Gasteiger partial charge in [-0.2, -0.15) is 0 Å². The van der Waals surface area contributed by atoms with E-state index in [0.717, 1.165) is 5.56 Å². The molecule has 0 aliphatic carbocycles. The van der Waals surface area contributed by atoms with E-state index in [1.54, 1.807) is 30.3 Å². The highest BCUT2D eigenvalue weighted by atomic mass is 35.5. The number of benzene rings is 3. The highest BCUT2D eigenvalue weighted by Gasteiger charge is 2.13. The molecule has 0 aliphatic rings. The summed E-state index contributed by atoms with van der Waals surface area (Å²) in [5.74, 6) is 0.191. The largest absolute Gasteiger partial charge is 0.489 e. The molecule has 3 aromatic carbocycles. The summed E-state index contributed by atoms with van der Waals surface area (Å²) < 4.78 is 10.6. The summed E-state index contributed by atoms with van der Waals surface area (Å²) in [6, 6.07) is 20.1. The minimum Gasteiger partial charge on any atom is -0.489 e. The zero-order chi connectivity index (χ0) is 19.2. The van der Waals surface area contributed by atoms with Crippen molar-refractivity contribution in [1.29, 1.82) is 0 Å². The lowest BCUT2D eigenvalue weighted by atomic mass is 10.1. The van der Waals surface area contributed by atoms with E-state index < -0.39 is 5.97 Å². The molecular formula is C21H19ClN2O3. The van der Waals surface area contributed by atoms with E-state index in [9.17, 15) is 4.79 Å². The number of halogens is 1. The number of hydrogen-bond donors (Lipinski definition) is 2. The Kier molecular flexibility index (Phi) is 5.84. The van der Waals surface area contributed by atoms with Gasteiger partial charge in [-0.3, -0.25) is 0 Å². The zero-order valence-corrected chi connectivity index (χ0v) is 15.5. The number of methoxy groups -OCH3 is 1. The first-order valence-corrected chi connectivity index (χ1v) is 8.66. The molecule has 5 nitrogen and oxygen atoms in total. The van der Waals surface area contributed by atoms with Crippen LogP contribution in [0, 0.1) is 0 Å². The second-order valence-corrected chi connectivity index (χ2v) is 6.27. The van der Waals surface area contributed by atoms with E-state index in [0.29, 0.717) is 40.0 Å². The molecule has 27 heavy (non-hydrogen) atoms. The van der Waals surface area contributed by atoms with E-state index >= 15 is 0 Å². The van der Waals surface area contributed by atoms with Crippen LogP contribution in [0.4, 0.5) is 17.1 Å². The Labute approximate surface area is 162 Å². The van der Waals surface area contributed by atoms with Crippen LogP contribution in [0.5, 0.6) is 5.75 Å². The summed E-state index contributed by atoms with van der Waals surface area (Å²) >= 11 is 6.05. The summed E-state index contributed by atoms with van der Waals surface area (Å²) in [5, 5.41) is 3.62. The van der Waals surface area contributed by atoms with Crippen LogP contribution < -0.4 is 15.8 Å². The predicted octanol–water partition coefficient (Wildman–Crippen LogP) is 5.03. The van der Waals surface area contributed by atoms with E-state index in [4.69, 9.17) is 26.8 Å². The van der Waals surface area contributed by atoms with Crippen LogP contribution in [0.2, 0.25) is 5.02 Å². The summed E-state index contributed by atoms with van der Waals surface area (Å²) in [6.07, 6.45) is 0. The number of nitrogens with one attached hydrogen (secondary N) is 1. The van der Waals surface area contributed by atoms with Crippen molar-refractivity contribution >= 4 is 34.6 Å². The Balaban J connectivity index is 1.77. The molecule has 0 bridgehead atoms. The second kappa shape index (κ2) is 8.47. The molecule has 0 saturated heterocycles. The van der Waals surface area contributed by atoms with Crippen LogP contribution in [0.15, 0.2) is 66.7 Å². The van der Waals surface area contributed by atoms with Crippen LogP contribution in [0.25, 0.3) is 0 Å². The molecule has 6 heteroatoms. The Morgan fingerprint density at radius 2 is 1.81 bits per heavy atom. The molecule has 0 aromatic heterocycles. The minimum atomic E-state index is -0.462. The van der Waals surface area contributed by atoms with Crippen molar-refractivity contribution < 1.29 is 14.3 Å². The van der Waals surface area contributed by atoms with E-state index in [1.807, 2.05) is 36.4 Å². The van der Waals surface area contributed by atoms with Crippen molar-refractivity contribution in [3.63, 3.8) is 0 Å². The van der Waals surface area contributed by atoms with Crippen LogP contribution in [0.3, 0.4) is 0 Å². The molecule has 3 N–H and O–H groups in total. The van der Waals surface area contributed by atoms with Gasteiger partial charge in [-0.05, 0) is 35.9 Å². The number of anilines is 3. The average molecular weight is 383 g/mol. The predicted molar refractivity (Wildman–Crippen MR) is 108 cm³/mol. The van der Waals surface area contributed by atoms with Gasteiger partial charge in [0.1, 0.15) is 12.4 Å². The Morgan fingerprint density at radius 3 is 2.52 bits per heavy atom. The number of nitrogens with two attached hydrogens (primary N) is 1. The van der Waals surface area contributed by atoms with E-state index in [-0.39, 0.29) is 0 Å². The summed E-state index contributed by atoms with van der Waals surface area (Å²) in [5.41, 5.74) is 9.21. The number of nitrogen functional groups attached to an aromatic ring is 1. The molecule has 0 radical (unpaired) electrons. The third kappa shape index (κ3) is 4.71. The second-order valence-electron chi connectivity index (χ2n) is 5.83. The molecule has 0 spiro atoms. The van der Waals surface area contributed by atoms with Gasteiger partial charge >= 0.3 is 5.97 Å². The molecule has 138 valence electrons. The monoisotopic (exact) mass is 382 g/mol. The molecule has 0 aliphatic heterocycles.